The van der Waals surface area contributed by atoms with E-state index in [0.717, 1.165) is 0 Å². The topological polar surface area (TPSA) is 116 Å². The van der Waals surface area contributed by atoms with Gasteiger partial charge in [-0.1, -0.05) is 0 Å². The Hall–Kier alpha value is -2.12. The van der Waals surface area contributed by atoms with Crippen LogP contribution < -0.4 is 21.3 Å². The van der Waals surface area contributed by atoms with E-state index in [1.54, 1.807) is 0 Å². The highest BCUT2D eigenvalue weighted by atomic mass is 16.2. The second-order valence-electron chi connectivity index (χ2n) is 3.43. The fraction of sp³-hybridized carbons (Fsp3) is 0.556. The van der Waals surface area contributed by atoms with Gasteiger partial charge in [-0.25, -0.2) is 0 Å². The molecule has 94 valence electrons. The predicted molar refractivity (Wildman–Crippen MR) is 56.7 cm³/mol. The number of hydrogen-bond donors (Lipinski definition) is 4. The van der Waals surface area contributed by atoms with E-state index in [-0.39, 0.29) is 44.4 Å². The molecule has 8 nitrogen and oxygen atoms in total. The van der Waals surface area contributed by atoms with Gasteiger partial charge in [0.05, 0.1) is 19.6 Å². The van der Waals surface area contributed by atoms with Crippen molar-refractivity contribution in [1.82, 2.24) is 21.3 Å². The number of nitrogens with one attached hydrogen (secondary N) is 4. The number of rotatable bonds is 0. The van der Waals surface area contributed by atoms with Crippen molar-refractivity contribution in [2.75, 3.05) is 26.2 Å². The first-order chi connectivity index (χ1) is 8.08. The number of amides is 4. The molecular formula is C9H14N4O4. The maximum Gasteiger partial charge on any atom is 0.239 e. The van der Waals surface area contributed by atoms with Gasteiger partial charge in [-0.05, 0) is 0 Å². The van der Waals surface area contributed by atoms with E-state index in [4.69, 9.17) is 0 Å². The van der Waals surface area contributed by atoms with Crippen LogP contribution in [0.4, 0.5) is 0 Å². The standard InChI is InChI=1S/C9H14N4O4/c14-6-1-2-10-7(15)3-12-9(17)5-13-8(16)4-11-6/h1-5H2,(H,10,15)(H,11,14)(H,12,17)(H,13,16). The van der Waals surface area contributed by atoms with Gasteiger partial charge in [0, 0.05) is 13.0 Å². The normalized spacial score (nSPS) is 19.8. The summed E-state index contributed by atoms with van der Waals surface area (Å²) in [7, 11) is 0. The van der Waals surface area contributed by atoms with Crippen molar-refractivity contribution in [3.05, 3.63) is 0 Å². The molecular weight excluding hydrogens is 228 g/mol. The average molecular weight is 242 g/mol. The van der Waals surface area contributed by atoms with Gasteiger partial charge < -0.3 is 21.3 Å². The smallest absolute Gasteiger partial charge is 0.239 e. The Kier molecular flexibility index (Phi) is 4.92. The van der Waals surface area contributed by atoms with Crippen LogP contribution in [0, 0.1) is 0 Å². The molecule has 1 aliphatic rings. The molecule has 0 aromatic carbocycles. The molecule has 0 saturated carbocycles. The molecule has 4 N–H and O–H groups in total. The van der Waals surface area contributed by atoms with Crippen molar-refractivity contribution in [2.24, 2.45) is 0 Å². The molecule has 0 aromatic heterocycles. The molecule has 0 bridgehead atoms. The van der Waals surface area contributed by atoms with Crippen molar-refractivity contribution in [2.45, 2.75) is 6.42 Å². The third kappa shape index (κ3) is 5.50. The monoisotopic (exact) mass is 242 g/mol. The molecule has 17 heavy (non-hydrogen) atoms. The lowest BCUT2D eigenvalue weighted by atomic mass is 10.4. The molecule has 0 atom stereocenters. The molecule has 0 aromatic rings. The second-order valence-corrected chi connectivity index (χ2v) is 3.43. The van der Waals surface area contributed by atoms with Crippen molar-refractivity contribution in [3.8, 4) is 0 Å². The average Bonchev–Trinajstić information content (AvgIpc) is 2.31. The van der Waals surface area contributed by atoms with E-state index in [2.05, 4.69) is 21.3 Å². The van der Waals surface area contributed by atoms with E-state index in [1.165, 1.54) is 0 Å². The quantitative estimate of drug-likeness (QED) is 0.359. The molecule has 0 radical (unpaired) electrons. The zero-order chi connectivity index (χ0) is 12.7. The molecule has 1 aliphatic heterocycles. The minimum absolute atomic E-state index is 0.0902. The highest BCUT2D eigenvalue weighted by Gasteiger charge is 2.10. The minimum atomic E-state index is -0.459. The van der Waals surface area contributed by atoms with Gasteiger partial charge in [-0.15, -0.1) is 0 Å². The Bertz CT molecular complexity index is 310. The second kappa shape index (κ2) is 6.46. The van der Waals surface area contributed by atoms with Crippen molar-refractivity contribution >= 4 is 23.6 Å². The predicted octanol–water partition coefficient (Wildman–Crippen LogP) is -3.15. The van der Waals surface area contributed by atoms with Gasteiger partial charge in [-0.3, -0.25) is 19.2 Å². The highest BCUT2D eigenvalue weighted by Crippen LogP contribution is 1.79. The summed E-state index contributed by atoms with van der Waals surface area (Å²) in [5.41, 5.74) is 0. The van der Waals surface area contributed by atoms with Crippen molar-refractivity contribution in [1.29, 1.82) is 0 Å². The number of hydrogen-bond acceptors (Lipinski definition) is 4. The number of carbonyl (C=O) groups is 4. The van der Waals surface area contributed by atoms with Crippen LogP contribution in [-0.4, -0.2) is 49.8 Å². The van der Waals surface area contributed by atoms with Gasteiger partial charge in [0.1, 0.15) is 0 Å². The minimum Gasteiger partial charge on any atom is -0.354 e. The summed E-state index contributed by atoms with van der Waals surface area (Å²) >= 11 is 0. The first-order valence-electron chi connectivity index (χ1n) is 5.14. The molecule has 8 heteroatoms. The Balaban J connectivity index is 2.51. The SMILES string of the molecule is O=C1CCNC(=O)CNC(=O)CNC(=O)CN1. The van der Waals surface area contributed by atoms with Crippen LogP contribution in [0.25, 0.3) is 0 Å². The van der Waals surface area contributed by atoms with Crippen LogP contribution in [-0.2, 0) is 19.2 Å². The summed E-state index contributed by atoms with van der Waals surface area (Å²) in [6.07, 6.45) is 0.0902. The van der Waals surface area contributed by atoms with Crippen LogP contribution >= 0.6 is 0 Å². The Morgan fingerprint density at radius 1 is 0.588 bits per heavy atom. The number of carbonyl (C=O) groups excluding carboxylic acids is 4. The molecule has 0 unspecified atom stereocenters. The zero-order valence-corrected chi connectivity index (χ0v) is 9.17. The Morgan fingerprint density at radius 3 is 1.53 bits per heavy atom. The van der Waals surface area contributed by atoms with Crippen LogP contribution in [0.15, 0.2) is 0 Å². The molecule has 0 aliphatic carbocycles. The fourth-order valence-corrected chi connectivity index (χ4v) is 1.13. The van der Waals surface area contributed by atoms with E-state index in [1.807, 2.05) is 0 Å². The molecule has 4 amide bonds. The van der Waals surface area contributed by atoms with E-state index >= 15 is 0 Å². The Morgan fingerprint density at radius 2 is 1.00 bits per heavy atom. The summed E-state index contributed by atoms with van der Waals surface area (Å²) < 4.78 is 0. The van der Waals surface area contributed by atoms with Crippen LogP contribution in [0.3, 0.4) is 0 Å². The summed E-state index contributed by atoms with van der Waals surface area (Å²) in [6, 6.07) is 0. The third-order valence-corrected chi connectivity index (χ3v) is 2.01. The zero-order valence-electron chi connectivity index (χ0n) is 9.17. The first kappa shape index (κ1) is 12.9. The van der Waals surface area contributed by atoms with E-state index in [9.17, 15) is 19.2 Å². The first-order valence-corrected chi connectivity index (χ1v) is 5.14. The van der Waals surface area contributed by atoms with Crippen LogP contribution in [0.2, 0.25) is 0 Å². The van der Waals surface area contributed by atoms with E-state index < -0.39 is 11.8 Å². The maximum absolute atomic E-state index is 11.2. The van der Waals surface area contributed by atoms with Crippen LogP contribution in [0.5, 0.6) is 0 Å². The van der Waals surface area contributed by atoms with Gasteiger partial charge in [0.15, 0.2) is 0 Å². The van der Waals surface area contributed by atoms with Crippen molar-refractivity contribution in [3.63, 3.8) is 0 Å². The Labute approximate surface area is 97.5 Å². The summed E-state index contributed by atoms with van der Waals surface area (Å²) in [5, 5.41) is 9.47. The summed E-state index contributed by atoms with van der Waals surface area (Å²) in [4.78, 5) is 44.6. The third-order valence-electron chi connectivity index (χ3n) is 2.01. The molecule has 1 heterocycles. The maximum atomic E-state index is 11.2. The molecule has 1 rings (SSSR count). The highest BCUT2D eigenvalue weighted by molar-refractivity contribution is 5.90. The largest absolute Gasteiger partial charge is 0.354 e. The summed E-state index contributed by atoms with van der Waals surface area (Å²) in [5.74, 6) is -1.62. The lowest BCUT2D eigenvalue weighted by Gasteiger charge is -2.05. The molecule has 0 spiro atoms. The molecule has 1 saturated heterocycles. The van der Waals surface area contributed by atoms with E-state index in [0.29, 0.717) is 0 Å². The summed E-state index contributed by atoms with van der Waals surface area (Å²) in [6.45, 7) is -0.402. The van der Waals surface area contributed by atoms with Crippen LogP contribution in [0.1, 0.15) is 6.42 Å². The molecule has 1 fully saturated rings. The van der Waals surface area contributed by atoms with Gasteiger partial charge >= 0.3 is 0 Å². The fourth-order valence-electron chi connectivity index (χ4n) is 1.13. The van der Waals surface area contributed by atoms with Crippen molar-refractivity contribution < 1.29 is 19.2 Å². The van der Waals surface area contributed by atoms with Gasteiger partial charge in [-0.2, -0.15) is 0 Å². The van der Waals surface area contributed by atoms with Gasteiger partial charge in [0.2, 0.25) is 23.6 Å². The van der Waals surface area contributed by atoms with Gasteiger partial charge in [0.25, 0.3) is 0 Å². The lowest BCUT2D eigenvalue weighted by molar-refractivity contribution is -0.128. The lowest BCUT2D eigenvalue weighted by Crippen LogP contribution is -2.43.